The van der Waals surface area contributed by atoms with E-state index in [-0.39, 0.29) is 56.9 Å². The van der Waals surface area contributed by atoms with Crippen molar-refractivity contribution in [3.05, 3.63) is 40.8 Å². The van der Waals surface area contributed by atoms with Gasteiger partial charge in [0.1, 0.15) is 0 Å². The summed E-state index contributed by atoms with van der Waals surface area (Å²) in [5.74, 6) is 0. The molecular formula is C8H6KN2O. The summed E-state index contributed by atoms with van der Waals surface area (Å²) in [5.41, 5.74) is -0.136. The molecule has 0 bridgehead atoms. The van der Waals surface area contributed by atoms with Gasteiger partial charge in [0.25, 0.3) is 5.56 Å². The summed E-state index contributed by atoms with van der Waals surface area (Å²) in [4.78, 5) is 11.1. The zero-order valence-electron chi connectivity index (χ0n) is 6.74. The third kappa shape index (κ3) is 1.84. The van der Waals surface area contributed by atoms with E-state index in [1.54, 1.807) is 12.3 Å². The second-order valence-corrected chi connectivity index (χ2v) is 2.29. The number of aromatic nitrogens is 2. The van der Waals surface area contributed by atoms with Gasteiger partial charge in [-0.2, -0.15) is 5.10 Å². The molecule has 0 fully saturated rings. The Bertz CT molecular complexity index is 433. The van der Waals surface area contributed by atoms with Crippen LogP contribution in [-0.4, -0.2) is 61.6 Å². The van der Waals surface area contributed by atoms with Crippen LogP contribution in [0, 0.1) is 0 Å². The third-order valence-corrected chi connectivity index (χ3v) is 1.58. The van der Waals surface area contributed by atoms with Crippen LogP contribution in [0.25, 0.3) is 10.8 Å². The number of hydrogen-bond donors (Lipinski definition) is 1. The molecule has 1 aromatic carbocycles. The summed E-state index contributed by atoms with van der Waals surface area (Å²) in [5, 5.41) is 7.60. The maximum atomic E-state index is 11.1. The molecule has 1 N–H and O–H groups in total. The van der Waals surface area contributed by atoms with Crippen molar-refractivity contribution in [3.63, 3.8) is 0 Å². The molecular weight excluding hydrogens is 179 g/mol. The van der Waals surface area contributed by atoms with Crippen LogP contribution in [0.3, 0.4) is 0 Å². The maximum absolute atomic E-state index is 11.1. The molecule has 0 spiro atoms. The molecule has 0 atom stereocenters. The Kier molecular flexibility index (Phi) is 3.61. The Hall–Kier alpha value is -0.00364. The molecule has 0 unspecified atom stereocenters. The van der Waals surface area contributed by atoms with E-state index in [2.05, 4.69) is 10.2 Å². The predicted molar refractivity (Wildman–Crippen MR) is 48.1 cm³/mol. The van der Waals surface area contributed by atoms with Crippen molar-refractivity contribution in [3.8, 4) is 0 Å². The van der Waals surface area contributed by atoms with E-state index < -0.39 is 0 Å². The van der Waals surface area contributed by atoms with Crippen molar-refractivity contribution in [2.75, 3.05) is 0 Å². The van der Waals surface area contributed by atoms with Gasteiger partial charge in [-0.15, -0.1) is 0 Å². The SMILES string of the molecule is O=c1[nH]ncc2ccccc12.[K]. The fourth-order valence-electron chi connectivity index (χ4n) is 1.04. The standard InChI is InChI=1S/C8H6N2O.K/c11-8-7-4-2-1-3-6(7)5-9-10-8;/h1-5H,(H,10,11);. The number of nitrogens with one attached hydrogen (secondary N) is 1. The number of H-pyrrole nitrogens is 1. The predicted octanol–water partition coefficient (Wildman–Crippen LogP) is 0.542. The first kappa shape index (κ1) is 10.1. The molecule has 0 aliphatic rings. The molecule has 1 radical (unpaired) electrons. The van der Waals surface area contributed by atoms with Gasteiger partial charge in [-0.05, 0) is 6.07 Å². The largest absolute Gasteiger partial charge is 0.272 e. The van der Waals surface area contributed by atoms with Crippen molar-refractivity contribution in [1.29, 1.82) is 0 Å². The molecule has 1 heterocycles. The minimum Gasteiger partial charge on any atom is -0.267 e. The summed E-state index contributed by atoms with van der Waals surface area (Å²) in [6.45, 7) is 0. The zero-order valence-corrected chi connectivity index (χ0v) is 9.87. The summed E-state index contributed by atoms with van der Waals surface area (Å²) in [6, 6.07) is 7.34. The molecule has 55 valence electrons. The van der Waals surface area contributed by atoms with E-state index in [9.17, 15) is 4.79 Å². The first-order chi connectivity index (χ1) is 5.38. The molecule has 0 aliphatic heterocycles. The van der Waals surface area contributed by atoms with E-state index in [4.69, 9.17) is 0 Å². The molecule has 0 saturated carbocycles. The Morgan fingerprint density at radius 3 is 2.75 bits per heavy atom. The average Bonchev–Trinajstić information content (AvgIpc) is 2.06. The van der Waals surface area contributed by atoms with Crippen LogP contribution in [0.2, 0.25) is 0 Å². The first-order valence-electron chi connectivity index (χ1n) is 3.30. The number of hydrogen-bond acceptors (Lipinski definition) is 2. The van der Waals surface area contributed by atoms with Gasteiger partial charge in [-0.1, -0.05) is 18.2 Å². The molecule has 0 amide bonds. The van der Waals surface area contributed by atoms with Gasteiger partial charge >= 0.3 is 0 Å². The monoisotopic (exact) mass is 185 g/mol. The van der Waals surface area contributed by atoms with Crippen LogP contribution in [0.4, 0.5) is 0 Å². The minimum atomic E-state index is -0.136. The maximum Gasteiger partial charge on any atom is 0.272 e. The number of nitrogens with zero attached hydrogens (tertiary/aromatic N) is 1. The van der Waals surface area contributed by atoms with Gasteiger partial charge in [-0.3, -0.25) is 4.79 Å². The van der Waals surface area contributed by atoms with Crippen molar-refractivity contribution < 1.29 is 0 Å². The van der Waals surface area contributed by atoms with E-state index in [1.807, 2.05) is 18.2 Å². The summed E-state index contributed by atoms with van der Waals surface area (Å²) in [7, 11) is 0. The Morgan fingerprint density at radius 2 is 2.00 bits per heavy atom. The molecule has 0 aliphatic carbocycles. The third-order valence-electron chi connectivity index (χ3n) is 1.58. The fraction of sp³-hybridized carbons (Fsp3) is 0. The number of benzene rings is 1. The van der Waals surface area contributed by atoms with Gasteiger partial charge in [0, 0.05) is 62.2 Å². The zero-order chi connectivity index (χ0) is 7.68. The molecule has 3 nitrogen and oxygen atoms in total. The fourth-order valence-corrected chi connectivity index (χ4v) is 1.04. The number of aromatic amines is 1. The topological polar surface area (TPSA) is 45.8 Å². The molecule has 4 heteroatoms. The first-order valence-corrected chi connectivity index (χ1v) is 3.30. The van der Waals surface area contributed by atoms with Crippen LogP contribution >= 0.6 is 0 Å². The normalized spacial score (nSPS) is 9.33. The average molecular weight is 185 g/mol. The summed E-state index contributed by atoms with van der Waals surface area (Å²) < 4.78 is 0. The Morgan fingerprint density at radius 1 is 1.25 bits per heavy atom. The minimum absolute atomic E-state index is 0. The molecule has 0 saturated heterocycles. The smallest absolute Gasteiger partial charge is 0.267 e. The molecule has 2 rings (SSSR count). The van der Waals surface area contributed by atoms with Gasteiger partial charge in [-0.25, -0.2) is 5.10 Å². The van der Waals surface area contributed by atoms with Crippen molar-refractivity contribution >= 4 is 62.2 Å². The molecule has 1 aromatic heterocycles. The van der Waals surface area contributed by atoms with E-state index >= 15 is 0 Å². The quantitative estimate of drug-likeness (QED) is 0.609. The van der Waals surface area contributed by atoms with Gasteiger partial charge in [0.05, 0.1) is 6.20 Å². The number of fused-ring (bicyclic) bond motifs is 1. The van der Waals surface area contributed by atoms with Crippen LogP contribution in [0.5, 0.6) is 0 Å². The number of rotatable bonds is 0. The van der Waals surface area contributed by atoms with E-state index in [1.165, 1.54) is 0 Å². The Balaban J connectivity index is 0.000000720. The van der Waals surface area contributed by atoms with Crippen LogP contribution in [0.1, 0.15) is 0 Å². The van der Waals surface area contributed by atoms with Crippen molar-refractivity contribution in [2.45, 2.75) is 0 Å². The molecule has 12 heavy (non-hydrogen) atoms. The summed E-state index contributed by atoms with van der Waals surface area (Å²) >= 11 is 0. The van der Waals surface area contributed by atoms with Gasteiger partial charge in [0.2, 0.25) is 0 Å². The Labute approximate surface area is 112 Å². The second-order valence-electron chi connectivity index (χ2n) is 2.29. The van der Waals surface area contributed by atoms with E-state index in [0.717, 1.165) is 5.39 Å². The van der Waals surface area contributed by atoms with Crippen LogP contribution in [-0.2, 0) is 0 Å². The van der Waals surface area contributed by atoms with Gasteiger partial charge in [0.15, 0.2) is 0 Å². The van der Waals surface area contributed by atoms with Crippen LogP contribution < -0.4 is 5.56 Å². The van der Waals surface area contributed by atoms with Gasteiger partial charge < -0.3 is 0 Å². The van der Waals surface area contributed by atoms with Crippen molar-refractivity contribution in [1.82, 2.24) is 10.2 Å². The van der Waals surface area contributed by atoms with E-state index in [0.29, 0.717) is 5.39 Å². The summed E-state index contributed by atoms with van der Waals surface area (Å²) in [6.07, 6.45) is 1.64. The second kappa shape index (κ2) is 4.29. The van der Waals surface area contributed by atoms with Crippen molar-refractivity contribution in [2.24, 2.45) is 0 Å². The van der Waals surface area contributed by atoms with Crippen LogP contribution in [0.15, 0.2) is 35.3 Å². The molecule has 2 aromatic rings.